The lowest BCUT2D eigenvalue weighted by Crippen LogP contribution is -2.35. The molecule has 5 rings (SSSR count). The molecule has 0 saturated carbocycles. The number of hydrogen-bond donors (Lipinski definition) is 1. The summed E-state index contributed by atoms with van der Waals surface area (Å²) in [7, 11) is 0. The molecule has 0 atom stereocenters. The molecule has 160 valence electrons. The van der Waals surface area contributed by atoms with Gasteiger partial charge in [-0.2, -0.15) is 15.1 Å². The van der Waals surface area contributed by atoms with E-state index in [1.54, 1.807) is 24.5 Å². The predicted molar refractivity (Wildman–Crippen MR) is 127 cm³/mol. The fraction of sp³-hybridized carbons (Fsp3) is 0.167. The van der Waals surface area contributed by atoms with Gasteiger partial charge in [-0.15, -0.1) is 0 Å². The van der Waals surface area contributed by atoms with Crippen molar-refractivity contribution in [1.82, 2.24) is 9.58 Å². The molecule has 8 heteroatoms. The number of furan rings is 1. The van der Waals surface area contributed by atoms with Crippen LogP contribution in [0.5, 0.6) is 0 Å². The van der Waals surface area contributed by atoms with E-state index < -0.39 is 5.91 Å². The zero-order valence-electron chi connectivity index (χ0n) is 17.9. The Morgan fingerprint density at radius 2 is 2.00 bits per heavy atom. The van der Waals surface area contributed by atoms with E-state index in [1.807, 2.05) is 32.0 Å². The molecule has 0 aliphatic carbocycles. The molecular formula is C24H21N5O2S. The van der Waals surface area contributed by atoms with Crippen molar-refractivity contribution in [2.45, 2.75) is 27.2 Å². The Morgan fingerprint density at radius 3 is 2.75 bits per heavy atom. The maximum absolute atomic E-state index is 12.8. The van der Waals surface area contributed by atoms with Crippen LogP contribution < -0.4 is 0 Å². The van der Waals surface area contributed by atoms with Gasteiger partial charge in [-0.3, -0.25) is 10.2 Å². The molecule has 32 heavy (non-hydrogen) atoms. The van der Waals surface area contributed by atoms with Crippen molar-refractivity contribution in [3.05, 3.63) is 82.6 Å². The average Bonchev–Trinajstić information content (AvgIpc) is 3.51. The monoisotopic (exact) mass is 443 g/mol. The van der Waals surface area contributed by atoms with E-state index in [9.17, 15) is 4.79 Å². The van der Waals surface area contributed by atoms with Gasteiger partial charge in [-0.25, -0.2) is 0 Å². The Morgan fingerprint density at radius 1 is 1.19 bits per heavy atom. The van der Waals surface area contributed by atoms with Crippen LogP contribution in [0.2, 0.25) is 0 Å². The Labute approximate surface area is 189 Å². The van der Waals surface area contributed by atoms with E-state index in [2.05, 4.69) is 33.7 Å². The number of fused-ring (bicyclic) bond motifs is 1. The van der Waals surface area contributed by atoms with Crippen molar-refractivity contribution < 1.29 is 9.21 Å². The SMILES string of the molecule is CCc1ccccc1-n1c(C)cc(/C=C2/C(=N)N3N=C(c4ccco4)SC3=NC2=O)c1C. The minimum absolute atomic E-state index is 0.00724. The number of nitrogens with zero attached hydrogens (tertiary/aromatic N) is 4. The first kappa shape index (κ1) is 20.3. The summed E-state index contributed by atoms with van der Waals surface area (Å²) in [5.74, 6) is 0.146. The van der Waals surface area contributed by atoms with E-state index in [-0.39, 0.29) is 11.4 Å². The molecule has 1 aromatic carbocycles. The van der Waals surface area contributed by atoms with Crippen LogP contribution in [-0.2, 0) is 11.2 Å². The molecule has 0 saturated heterocycles. The molecule has 2 aliphatic heterocycles. The number of aromatic nitrogens is 1. The Kier molecular flexibility index (Phi) is 4.94. The molecule has 2 aromatic heterocycles. The van der Waals surface area contributed by atoms with Gasteiger partial charge in [0.2, 0.25) is 5.17 Å². The van der Waals surface area contributed by atoms with Crippen LogP contribution in [0.4, 0.5) is 0 Å². The van der Waals surface area contributed by atoms with Crippen molar-refractivity contribution in [1.29, 1.82) is 5.41 Å². The Bertz CT molecular complexity index is 1340. The van der Waals surface area contributed by atoms with E-state index in [0.29, 0.717) is 16.0 Å². The van der Waals surface area contributed by atoms with E-state index in [0.717, 1.165) is 29.1 Å². The zero-order valence-corrected chi connectivity index (χ0v) is 18.7. The molecule has 7 nitrogen and oxygen atoms in total. The molecule has 0 fully saturated rings. The smallest absolute Gasteiger partial charge is 0.283 e. The number of hydrogen-bond acceptors (Lipinski definition) is 5. The zero-order chi connectivity index (χ0) is 22.4. The standard InChI is InChI=1S/C24H21N5O2S/c1-4-16-8-5-6-9-19(16)28-14(2)12-17(15(28)3)13-18-21(25)29-24(26-22(18)30)32-23(27-29)20-10-7-11-31-20/h5-13,25H,4H2,1-3H3/b18-13-,25-21?. The lowest BCUT2D eigenvalue weighted by atomic mass is 10.1. The largest absolute Gasteiger partial charge is 0.462 e. The van der Waals surface area contributed by atoms with E-state index in [1.165, 1.54) is 22.3 Å². The number of nitrogens with one attached hydrogen (secondary N) is 1. The number of aliphatic imine (C=N–C) groups is 1. The number of hydrazone groups is 1. The summed E-state index contributed by atoms with van der Waals surface area (Å²) in [5, 5.41) is 15.4. The number of amides is 1. The molecule has 0 unspecified atom stereocenters. The van der Waals surface area contributed by atoms with Crippen LogP contribution in [0.3, 0.4) is 0 Å². The van der Waals surface area contributed by atoms with Crippen LogP contribution in [0, 0.1) is 19.3 Å². The summed E-state index contributed by atoms with van der Waals surface area (Å²) in [5.41, 5.74) is 5.53. The number of aryl methyl sites for hydroxylation is 2. The molecular weight excluding hydrogens is 422 g/mol. The van der Waals surface area contributed by atoms with E-state index >= 15 is 0 Å². The van der Waals surface area contributed by atoms with Gasteiger partial charge in [0.05, 0.1) is 11.8 Å². The van der Waals surface area contributed by atoms with Crippen molar-refractivity contribution in [3.8, 4) is 5.69 Å². The summed E-state index contributed by atoms with van der Waals surface area (Å²) < 4.78 is 7.58. The number of benzene rings is 1. The Hall–Kier alpha value is -3.65. The Balaban J connectivity index is 1.54. The summed E-state index contributed by atoms with van der Waals surface area (Å²) in [6, 6.07) is 13.9. The minimum atomic E-state index is -0.441. The van der Waals surface area contributed by atoms with Crippen molar-refractivity contribution in [2.75, 3.05) is 0 Å². The number of rotatable bonds is 4. The third-order valence-corrected chi connectivity index (χ3v) is 6.49. The van der Waals surface area contributed by atoms with Gasteiger partial charge < -0.3 is 8.98 Å². The first-order chi connectivity index (χ1) is 15.5. The van der Waals surface area contributed by atoms with Crippen LogP contribution in [0.25, 0.3) is 11.8 Å². The number of carbonyl (C=O) groups excluding carboxylic acids is 1. The lowest BCUT2D eigenvalue weighted by molar-refractivity contribution is -0.114. The summed E-state index contributed by atoms with van der Waals surface area (Å²) in [6.45, 7) is 6.21. The fourth-order valence-electron chi connectivity index (χ4n) is 3.98. The normalized spacial score (nSPS) is 17.1. The van der Waals surface area contributed by atoms with Gasteiger partial charge >= 0.3 is 0 Å². The average molecular weight is 444 g/mol. The molecule has 0 bridgehead atoms. The topological polar surface area (TPSA) is 86.9 Å². The number of thioether (sulfide) groups is 1. The van der Waals surface area contributed by atoms with Gasteiger partial charge in [0.25, 0.3) is 5.91 Å². The van der Waals surface area contributed by atoms with Crippen LogP contribution in [-0.4, -0.2) is 31.5 Å². The molecule has 1 N–H and O–H groups in total. The second-order valence-corrected chi connectivity index (χ2v) is 8.50. The number of amidine groups is 2. The molecule has 0 spiro atoms. The van der Waals surface area contributed by atoms with Crippen molar-refractivity contribution in [2.24, 2.45) is 10.1 Å². The number of para-hydroxylation sites is 1. The van der Waals surface area contributed by atoms with Gasteiger partial charge in [0.15, 0.2) is 16.6 Å². The second-order valence-electron chi connectivity index (χ2n) is 7.55. The first-order valence-electron chi connectivity index (χ1n) is 10.3. The maximum Gasteiger partial charge on any atom is 0.283 e. The summed E-state index contributed by atoms with van der Waals surface area (Å²) in [4.78, 5) is 17.0. The predicted octanol–water partition coefficient (Wildman–Crippen LogP) is 4.92. The van der Waals surface area contributed by atoms with Crippen LogP contribution in [0.15, 0.2) is 68.8 Å². The highest BCUT2D eigenvalue weighted by atomic mass is 32.2. The van der Waals surface area contributed by atoms with Gasteiger partial charge in [0, 0.05) is 17.1 Å². The fourth-order valence-corrected chi connectivity index (χ4v) is 4.84. The van der Waals surface area contributed by atoms with Gasteiger partial charge in [-0.1, -0.05) is 25.1 Å². The minimum Gasteiger partial charge on any atom is -0.462 e. The third kappa shape index (κ3) is 3.23. The van der Waals surface area contributed by atoms with Crippen molar-refractivity contribution >= 4 is 39.8 Å². The first-order valence-corrected chi connectivity index (χ1v) is 11.1. The van der Waals surface area contributed by atoms with Crippen LogP contribution in [0.1, 0.15) is 35.2 Å². The highest BCUT2D eigenvalue weighted by Crippen LogP contribution is 2.32. The summed E-state index contributed by atoms with van der Waals surface area (Å²) >= 11 is 1.22. The molecule has 0 radical (unpaired) electrons. The maximum atomic E-state index is 12.8. The highest BCUT2D eigenvalue weighted by molar-refractivity contribution is 8.27. The lowest BCUT2D eigenvalue weighted by Gasteiger charge is -2.20. The van der Waals surface area contributed by atoms with Crippen LogP contribution >= 0.6 is 11.8 Å². The highest BCUT2D eigenvalue weighted by Gasteiger charge is 2.36. The molecule has 4 heterocycles. The number of carbonyl (C=O) groups is 1. The van der Waals surface area contributed by atoms with Crippen molar-refractivity contribution in [3.63, 3.8) is 0 Å². The summed E-state index contributed by atoms with van der Waals surface area (Å²) in [6.07, 6.45) is 4.22. The molecule has 3 aromatic rings. The third-order valence-electron chi connectivity index (χ3n) is 5.57. The quantitative estimate of drug-likeness (QED) is 0.580. The molecule has 1 amide bonds. The molecule has 2 aliphatic rings. The second kappa shape index (κ2) is 7.80. The van der Waals surface area contributed by atoms with Gasteiger partial charge in [-0.05, 0) is 73.5 Å². The van der Waals surface area contributed by atoms with Gasteiger partial charge in [0.1, 0.15) is 0 Å². The van der Waals surface area contributed by atoms with E-state index in [4.69, 9.17) is 9.83 Å².